The Balaban J connectivity index is 1.68. The third-order valence-electron chi connectivity index (χ3n) is 5.77. The minimum Gasteiger partial charge on any atom is -0.495 e. The first-order valence-electron chi connectivity index (χ1n) is 11.5. The lowest BCUT2D eigenvalue weighted by molar-refractivity contribution is 0.102. The number of amides is 1. The van der Waals surface area contributed by atoms with E-state index in [9.17, 15) is 13.2 Å². The zero-order valence-electron chi connectivity index (χ0n) is 20.2. The van der Waals surface area contributed by atoms with Crippen molar-refractivity contribution in [1.29, 1.82) is 0 Å². The quantitative estimate of drug-likeness (QED) is 0.322. The van der Waals surface area contributed by atoms with Gasteiger partial charge in [0.2, 0.25) is 10.0 Å². The number of ether oxygens (including phenoxy) is 1. The van der Waals surface area contributed by atoms with Gasteiger partial charge >= 0.3 is 0 Å². The van der Waals surface area contributed by atoms with Gasteiger partial charge in [-0.1, -0.05) is 78.4 Å². The first-order valence-corrected chi connectivity index (χ1v) is 12.9. The van der Waals surface area contributed by atoms with Crippen LogP contribution in [-0.2, 0) is 23.1 Å². The Morgan fingerprint density at radius 3 is 1.89 bits per heavy atom. The number of methoxy groups -OCH3 is 1. The Kier molecular flexibility index (Phi) is 7.83. The fraction of sp³-hybridized carbons (Fsp3) is 0.138. The number of nitrogens with one attached hydrogen (secondary N) is 1. The van der Waals surface area contributed by atoms with Crippen molar-refractivity contribution in [2.45, 2.75) is 24.9 Å². The maximum atomic E-state index is 13.9. The monoisotopic (exact) mass is 500 g/mol. The van der Waals surface area contributed by atoms with Crippen molar-refractivity contribution in [2.75, 3.05) is 12.4 Å². The highest BCUT2D eigenvalue weighted by atomic mass is 32.2. The highest BCUT2D eigenvalue weighted by molar-refractivity contribution is 7.89. The Morgan fingerprint density at radius 1 is 0.806 bits per heavy atom. The molecule has 6 nitrogen and oxygen atoms in total. The van der Waals surface area contributed by atoms with Gasteiger partial charge in [0, 0.05) is 18.7 Å². The zero-order chi connectivity index (χ0) is 25.5. The van der Waals surface area contributed by atoms with Crippen LogP contribution >= 0.6 is 0 Å². The molecular formula is C29H28N2O4S. The Bertz CT molecular complexity index is 1380. The first kappa shape index (κ1) is 25.2. The number of hydrogen-bond acceptors (Lipinski definition) is 4. The molecule has 0 bridgehead atoms. The van der Waals surface area contributed by atoms with Crippen molar-refractivity contribution < 1.29 is 17.9 Å². The molecule has 1 amide bonds. The van der Waals surface area contributed by atoms with Crippen molar-refractivity contribution in [3.8, 4) is 5.75 Å². The second-order valence-electron chi connectivity index (χ2n) is 8.43. The second kappa shape index (κ2) is 11.2. The molecule has 0 aliphatic carbocycles. The van der Waals surface area contributed by atoms with Gasteiger partial charge in [0.05, 0.1) is 17.7 Å². The van der Waals surface area contributed by atoms with Crippen LogP contribution in [0, 0.1) is 6.92 Å². The molecule has 0 aliphatic heterocycles. The predicted molar refractivity (Wildman–Crippen MR) is 141 cm³/mol. The summed E-state index contributed by atoms with van der Waals surface area (Å²) in [5.74, 6) is 0.0142. The summed E-state index contributed by atoms with van der Waals surface area (Å²) in [7, 11) is -2.45. The van der Waals surface area contributed by atoms with Gasteiger partial charge in [0.25, 0.3) is 5.91 Å². The lowest BCUT2D eigenvalue weighted by atomic mass is 10.1. The van der Waals surface area contributed by atoms with Crippen LogP contribution in [0.4, 0.5) is 5.69 Å². The molecule has 184 valence electrons. The molecule has 0 radical (unpaired) electrons. The first-order chi connectivity index (χ1) is 17.4. The van der Waals surface area contributed by atoms with Crippen molar-refractivity contribution in [2.24, 2.45) is 0 Å². The van der Waals surface area contributed by atoms with Gasteiger partial charge < -0.3 is 10.1 Å². The molecule has 4 rings (SSSR count). The highest BCUT2D eigenvalue weighted by Gasteiger charge is 2.26. The Morgan fingerprint density at radius 2 is 1.36 bits per heavy atom. The normalized spacial score (nSPS) is 11.3. The number of anilines is 1. The zero-order valence-corrected chi connectivity index (χ0v) is 21.0. The van der Waals surface area contributed by atoms with Crippen molar-refractivity contribution in [3.05, 3.63) is 125 Å². The summed E-state index contributed by atoms with van der Waals surface area (Å²) in [6.07, 6.45) is 0. The molecule has 0 unspecified atom stereocenters. The number of carbonyl (C=O) groups is 1. The van der Waals surface area contributed by atoms with E-state index in [-0.39, 0.29) is 29.6 Å². The van der Waals surface area contributed by atoms with Crippen molar-refractivity contribution in [1.82, 2.24) is 4.31 Å². The molecule has 7 heteroatoms. The third kappa shape index (κ3) is 6.00. The van der Waals surface area contributed by atoms with Gasteiger partial charge in [0.15, 0.2) is 0 Å². The molecule has 4 aromatic rings. The summed E-state index contributed by atoms with van der Waals surface area (Å²) in [4.78, 5) is 12.9. The number of sulfonamides is 1. The maximum absolute atomic E-state index is 13.9. The number of rotatable bonds is 9. The SMILES string of the molecule is COc1ccc(S(=O)(=O)N(Cc2ccccc2)Cc2ccccc2)cc1NC(=O)c1ccc(C)cc1. The molecule has 0 aromatic heterocycles. The fourth-order valence-corrected chi connectivity index (χ4v) is 5.24. The average molecular weight is 501 g/mol. The van der Waals surface area contributed by atoms with Crippen LogP contribution in [0.1, 0.15) is 27.0 Å². The number of nitrogens with zero attached hydrogens (tertiary/aromatic N) is 1. The van der Waals surface area contributed by atoms with E-state index in [0.29, 0.717) is 11.3 Å². The van der Waals surface area contributed by atoms with E-state index in [1.165, 1.54) is 23.5 Å². The van der Waals surface area contributed by atoms with Crippen LogP contribution in [0.3, 0.4) is 0 Å². The van der Waals surface area contributed by atoms with Crippen LogP contribution < -0.4 is 10.1 Å². The smallest absolute Gasteiger partial charge is 0.255 e. The summed E-state index contributed by atoms with van der Waals surface area (Å²) < 4.78 is 34.6. The average Bonchev–Trinajstić information content (AvgIpc) is 2.90. The lowest BCUT2D eigenvalue weighted by Crippen LogP contribution is -2.30. The summed E-state index contributed by atoms with van der Waals surface area (Å²) >= 11 is 0. The third-order valence-corrected chi connectivity index (χ3v) is 7.56. The van der Waals surface area contributed by atoms with Gasteiger partial charge in [0.1, 0.15) is 5.75 Å². The molecule has 36 heavy (non-hydrogen) atoms. The van der Waals surface area contributed by atoms with Gasteiger partial charge in [-0.3, -0.25) is 4.79 Å². The predicted octanol–water partition coefficient (Wildman–Crippen LogP) is 5.65. The van der Waals surface area contributed by atoms with Crippen LogP contribution in [-0.4, -0.2) is 25.7 Å². The maximum Gasteiger partial charge on any atom is 0.255 e. The van der Waals surface area contributed by atoms with E-state index >= 15 is 0 Å². The standard InChI is InChI=1S/C29H28N2O4S/c1-22-13-15-25(16-14-22)29(32)30-27-19-26(17-18-28(27)35-2)36(33,34)31(20-23-9-5-3-6-10-23)21-24-11-7-4-8-12-24/h3-19H,20-21H2,1-2H3,(H,30,32). The fourth-order valence-electron chi connectivity index (χ4n) is 3.79. The van der Waals surface area contributed by atoms with E-state index in [2.05, 4.69) is 5.32 Å². The number of aryl methyl sites for hydroxylation is 1. The van der Waals surface area contributed by atoms with E-state index in [1.807, 2.05) is 79.7 Å². The minimum absolute atomic E-state index is 0.0642. The Hall–Kier alpha value is -3.94. The molecule has 0 saturated heterocycles. The Labute approximate surface area is 212 Å². The summed E-state index contributed by atoms with van der Waals surface area (Å²) in [5.41, 5.74) is 3.53. The van der Waals surface area contributed by atoms with Gasteiger partial charge in [-0.15, -0.1) is 0 Å². The van der Waals surface area contributed by atoms with Gasteiger partial charge in [-0.05, 0) is 48.4 Å². The van der Waals surface area contributed by atoms with Crippen LogP contribution in [0.25, 0.3) is 0 Å². The van der Waals surface area contributed by atoms with E-state index in [0.717, 1.165) is 16.7 Å². The van der Waals surface area contributed by atoms with Crippen LogP contribution in [0.2, 0.25) is 0 Å². The van der Waals surface area contributed by atoms with E-state index < -0.39 is 10.0 Å². The van der Waals surface area contributed by atoms with Crippen LogP contribution in [0.5, 0.6) is 5.75 Å². The largest absolute Gasteiger partial charge is 0.495 e. The second-order valence-corrected chi connectivity index (χ2v) is 10.4. The van der Waals surface area contributed by atoms with Gasteiger partial charge in [-0.25, -0.2) is 8.42 Å². The van der Waals surface area contributed by atoms with E-state index in [4.69, 9.17) is 4.74 Å². The summed E-state index contributed by atoms with van der Waals surface area (Å²) in [6.45, 7) is 2.35. The summed E-state index contributed by atoms with van der Waals surface area (Å²) in [6, 6.07) is 30.6. The molecule has 0 spiro atoms. The molecule has 0 aliphatic rings. The van der Waals surface area contributed by atoms with Crippen molar-refractivity contribution >= 4 is 21.6 Å². The lowest BCUT2D eigenvalue weighted by Gasteiger charge is -2.23. The number of benzene rings is 4. The topological polar surface area (TPSA) is 75.7 Å². The molecular weight excluding hydrogens is 472 g/mol. The number of hydrogen-bond donors (Lipinski definition) is 1. The molecule has 4 aromatic carbocycles. The summed E-state index contributed by atoms with van der Waals surface area (Å²) in [5, 5.41) is 2.80. The molecule has 0 heterocycles. The molecule has 0 saturated carbocycles. The molecule has 0 atom stereocenters. The van der Waals surface area contributed by atoms with Crippen LogP contribution in [0.15, 0.2) is 108 Å². The number of carbonyl (C=O) groups excluding carboxylic acids is 1. The highest BCUT2D eigenvalue weighted by Crippen LogP contribution is 2.30. The van der Waals surface area contributed by atoms with E-state index in [1.54, 1.807) is 18.2 Å². The van der Waals surface area contributed by atoms with Gasteiger partial charge in [-0.2, -0.15) is 4.31 Å². The molecule has 0 fully saturated rings. The van der Waals surface area contributed by atoms with Crippen molar-refractivity contribution in [3.63, 3.8) is 0 Å². The minimum atomic E-state index is -3.92. The molecule has 1 N–H and O–H groups in total.